The predicted octanol–water partition coefficient (Wildman–Crippen LogP) is -0.114. The number of carboxylic acid groups (broad SMARTS) is 1. The minimum atomic E-state index is -0.834. The van der Waals surface area contributed by atoms with Gasteiger partial charge in [0.2, 0.25) is 0 Å². The molecule has 0 spiro atoms. The molecule has 0 saturated carbocycles. The first-order chi connectivity index (χ1) is 7.74. The van der Waals surface area contributed by atoms with E-state index in [0.29, 0.717) is 6.54 Å². The van der Waals surface area contributed by atoms with Crippen molar-refractivity contribution in [2.24, 2.45) is 0 Å². The molecule has 1 aromatic heterocycles. The van der Waals surface area contributed by atoms with Crippen LogP contribution in [0.15, 0.2) is 24.5 Å². The summed E-state index contributed by atoms with van der Waals surface area (Å²) in [5, 5.41) is 14.6. The number of carboxylic acids is 1. The first-order valence-electron chi connectivity index (χ1n) is 5.23. The summed E-state index contributed by atoms with van der Waals surface area (Å²) in [5.41, 5.74) is 1.19. The lowest BCUT2D eigenvalue weighted by Crippen LogP contribution is -2.43. The van der Waals surface area contributed by atoms with Crippen LogP contribution in [0.25, 0.3) is 0 Å². The molecule has 1 aromatic rings. The highest BCUT2D eigenvalue weighted by Crippen LogP contribution is 1.95. The minimum absolute atomic E-state index is 0.427. The number of nitrogens with zero attached hydrogens (tertiary/aromatic N) is 1. The van der Waals surface area contributed by atoms with Gasteiger partial charge in [0.05, 0.1) is 0 Å². The first kappa shape index (κ1) is 12.6. The Hall–Kier alpha value is -1.46. The highest BCUT2D eigenvalue weighted by Gasteiger charge is 2.13. The highest BCUT2D eigenvalue weighted by atomic mass is 16.4. The molecule has 0 aromatic carbocycles. The molecule has 16 heavy (non-hydrogen) atoms. The van der Waals surface area contributed by atoms with Crippen LogP contribution in [0, 0.1) is 0 Å². The average molecular weight is 223 g/mol. The van der Waals surface area contributed by atoms with Gasteiger partial charge in [0.15, 0.2) is 0 Å². The molecule has 0 saturated heterocycles. The molecule has 5 nitrogen and oxygen atoms in total. The Kier molecular flexibility index (Phi) is 5.45. The van der Waals surface area contributed by atoms with Crippen molar-refractivity contribution in [2.75, 3.05) is 20.1 Å². The van der Waals surface area contributed by atoms with Crippen molar-refractivity contribution in [1.82, 2.24) is 15.6 Å². The van der Waals surface area contributed by atoms with Gasteiger partial charge in [-0.2, -0.15) is 0 Å². The van der Waals surface area contributed by atoms with E-state index in [4.69, 9.17) is 5.11 Å². The number of hydrogen-bond acceptors (Lipinski definition) is 4. The van der Waals surface area contributed by atoms with Crippen LogP contribution in [0.2, 0.25) is 0 Å². The van der Waals surface area contributed by atoms with Crippen molar-refractivity contribution in [3.8, 4) is 0 Å². The van der Waals surface area contributed by atoms with Gasteiger partial charge in [-0.15, -0.1) is 0 Å². The van der Waals surface area contributed by atoms with Crippen LogP contribution in [0.5, 0.6) is 0 Å². The van der Waals surface area contributed by atoms with Gasteiger partial charge < -0.3 is 15.7 Å². The summed E-state index contributed by atoms with van der Waals surface area (Å²) in [5.74, 6) is -0.834. The first-order valence-corrected chi connectivity index (χ1v) is 5.23. The van der Waals surface area contributed by atoms with Gasteiger partial charge in [0, 0.05) is 18.9 Å². The van der Waals surface area contributed by atoms with Crippen LogP contribution in [0.1, 0.15) is 5.56 Å². The SMILES string of the molecule is CNC(CNCCc1ccncc1)C(=O)O. The van der Waals surface area contributed by atoms with E-state index in [-0.39, 0.29) is 0 Å². The molecule has 0 fully saturated rings. The molecular formula is C11H17N3O2. The standard InChI is InChI=1S/C11H17N3O2/c1-12-10(11(15)16)8-14-7-4-9-2-5-13-6-3-9/h2-3,5-6,10,12,14H,4,7-8H2,1H3,(H,15,16). The molecule has 1 rings (SSSR count). The van der Waals surface area contributed by atoms with Gasteiger partial charge in [-0.1, -0.05) is 0 Å². The third kappa shape index (κ3) is 4.37. The molecule has 3 N–H and O–H groups in total. The summed E-state index contributed by atoms with van der Waals surface area (Å²) in [6, 6.07) is 3.38. The third-order valence-electron chi connectivity index (χ3n) is 2.33. The van der Waals surface area contributed by atoms with Crippen LogP contribution in [-0.4, -0.2) is 42.2 Å². The van der Waals surface area contributed by atoms with Crippen LogP contribution >= 0.6 is 0 Å². The van der Waals surface area contributed by atoms with E-state index >= 15 is 0 Å². The van der Waals surface area contributed by atoms with E-state index in [0.717, 1.165) is 13.0 Å². The van der Waals surface area contributed by atoms with Crippen molar-refractivity contribution < 1.29 is 9.90 Å². The minimum Gasteiger partial charge on any atom is -0.480 e. The number of nitrogens with one attached hydrogen (secondary N) is 2. The van der Waals surface area contributed by atoms with Gasteiger partial charge >= 0.3 is 5.97 Å². The predicted molar refractivity (Wildman–Crippen MR) is 61.3 cm³/mol. The number of rotatable bonds is 7. The zero-order valence-corrected chi connectivity index (χ0v) is 9.31. The van der Waals surface area contributed by atoms with Crippen LogP contribution in [-0.2, 0) is 11.2 Å². The molecular weight excluding hydrogens is 206 g/mol. The number of likely N-dealkylation sites (N-methyl/N-ethyl adjacent to an activating group) is 1. The van der Waals surface area contributed by atoms with E-state index < -0.39 is 12.0 Å². The van der Waals surface area contributed by atoms with E-state index in [1.165, 1.54) is 5.56 Å². The van der Waals surface area contributed by atoms with Crippen LogP contribution < -0.4 is 10.6 Å². The smallest absolute Gasteiger partial charge is 0.322 e. The lowest BCUT2D eigenvalue weighted by atomic mass is 10.2. The third-order valence-corrected chi connectivity index (χ3v) is 2.33. The molecule has 5 heteroatoms. The number of aromatic nitrogens is 1. The zero-order chi connectivity index (χ0) is 11.8. The topological polar surface area (TPSA) is 74.2 Å². The molecule has 0 radical (unpaired) electrons. The van der Waals surface area contributed by atoms with Crippen molar-refractivity contribution in [3.63, 3.8) is 0 Å². The summed E-state index contributed by atoms with van der Waals surface area (Å²) >= 11 is 0. The Morgan fingerprint density at radius 3 is 2.75 bits per heavy atom. The van der Waals surface area contributed by atoms with Gasteiger partial charge in [-0.05, 0) is 37.7 Å². The Balaban J connectivity index is 2.19. The lowest BCUT2D eigenvalue weighted by Gasteiger charge is -2.11. The summed E-state index contributed by atoms with van der Waals surface area (Å²) in [4.78, 5) is 14.6. The molecule has 88 valence electrons. The van der Waals surface area contributed by atoms with Gasteiger partial charge in [-0.25, -0.2) is 0 Å². The fourth-order valence-corrected chi connectivity index (χ4v) is 1.34. The fraction of sp³-hybridized carbons (Fsp3) is 0.455. The molecule has 1 heterocycles. The maximum Gasteiger partial charge on any atom is 0.322 e. The Morgan fingerprint density at radius 1 is 1.50 bits per heavy atom. The van der Waals surface area contributed by atoms with Gasteiger partial charge in [-0.3, -0.25) is 9.78 Å². The summed E-state index contributed by atoms with van der Waals surface area (Å²) in [7, 11) is 1.64. The molecule has 1 unspecified atom stereocenters. The van der Waals surface area contributed by atoms with Crippen LogP contribution in [0.4, 0.5) is 0 Å². The van der Waals surface area contributed by atoms with Crippen molar-refractivity contribution in [2.45, 2.75) is 12.5 Å². The quantitative estimate of drug-likeness (QED) is 0.562. The van der Waals surface area contributed by atoms with Crippen molar-refractivity contribution in [1.29, 1.82) is 0 Å². The highest BCUT2D eigenvalue weighted by molar-refractivity contribution is 5.73. The Labute approximate surface area is 94.9 Å². The number of pyridine rings is 1. The van der Waals surface area contributed by atoms with Crippen molar-refractivity contribution >= 4 is 5.97 Å². The molecule has 0 aliphatic rings. The molecule has 0 amide bonds. The zero-order valence-electron chi connectivity index (χ0n) is 9.31. The maximum atomic E-state index is 10.7. The second kappa shape index (κ2) is 6.92. The lowest BCUT2D eigenvalue weighted by molar-refractivity contribution is -0.139. The van der Waals surface area contributed by atoms with Gasteiger partial charge in [0.1, 0.15) is 6.04 Å². The van der Waals surface area contributed by atoms with E-state index in [2.05, 4.69) is 15.6 Å². The second-order valence-corrected chi connectivity index (χ2v) is 3.49. The molecule has 1 atom stereocenters. The normalized spacial score (nSPS) is 12.3. The fourth-order valence-electron chi connectivity index (χ4n) is 1.34. The summed E-state index contributed by atoms with van der Waals surface area (Å²) < 4.78 is 0. The van der Waals surface area contributed by atoms with Gasteiger partial charge in [0.25, 0.3) is 0 Å². The number of carbonyl (C=O) groups is 1. The summed E-state index contributed by atoms with van der Waals surface area (Å²) in [6.45, 7) is 1.19. The second-order valence-electron chi connectivity index (χ2n) is 3.49. The number of aliphatic carboxylic acids is 1. The largest absolute Gasteiger partial charge is 0.480 e. The van der Waals surface area contributed by atoms with Crippen LogP contribution in [0.3, 0.4) is 0 Å². The average Bonchev–Trinajstić information content (AvgIpc) is 2.30. The van der Waals surface area contributed by atoms with E-state index in [1.54, 1.807) is 19.4 Å². The maximum absolute atomic E-state index is 10.7. The number of hydrogen-bond donors (Lipinski definition) is 3. The Morgan fingerprint density at radius 2 is 2.19 bits per heavy atom. The molecule has 0 aliphatic heterocycles. The molecule has 0 aliphatic carbocycles. The molecule has 0 bridgehead atoms. The monoisotopic (exact) mass is 223 g/mol. The van der Waals surface area contributed by atoms with E-state index in [9.17, 15) is 4.79 Å². The Bertz CT molecular complexity index is 316. The summed E-state index contributed by atoms with van der Waals surface area (Å²) in [6.07, 6.45) is 4.38. The van der Waals surface area contributed by atoms with Crippen molar-refractivity contribution in [3.05, 3.63) is 30.1 Å². The van der Waals surface area contributed by atoms with E-state index in [1.807, 2.05) is 12.1 Å².